The second-order valence-electron chi connectivity index (χ2n) is 2.49. The molecule has 0 aromatic rings. The van der Waals surface area contributed by atoms with Crippen LogP contribution in [-0.4, -0.2) is 0 Å². The van der Waals surface area contributed by atoms with E-state index in [1.54, 1.807) is 0 Å². The van der Waals surface area contributed by atoms with Gasteiger partial charge in [0.05, 0.1) is 0 Å². The second kappa shape index (κ2) is 6.41. The third-order valence-electron chi connectivity index (χ3n) is 1.47. The molecule has 0 N–H and O–H groups in total. The Morgan fingerprint density at radius 3 is 2.25 bits per heavy atom. The lowest BCUT2D eigenvalue weighted by Gasteiger charge is -1.82. The average Bonchev–Trinajstić information content (AvgIpc) is 2.05. The molecule has 0 fully saturated rings. The average molecular weight is 157 g/mol. The fourth-order valence-electron chi connectivity index (χ4n) is 0.865. The molecule has 1 aliphatic carbocycles. The summed E-state index contributed by atoms with van der Waals surface area (Å²) in [5.41, 5.74) is 0. The molecule has 0 heteroatoms. The van der Waals surface area contributed by atoms with Crippen molar-refractivity contribution in [3.8, 4) is 0 Å². The third-order valence-corrected chi connectivity index (χ3v) is 1.47. The molecule has 0 saturated heterocycles. The Labute approximate surface area is 74.3 Å². The van der Waals surface area contributed by atoms with Gasteiger partial charge in [-0.1, -0.05) is 54.7 Å². The minimum atomic E-state index is 0.981. The summed E-state index contributed by atoms with van der Waals surface area (Å²) in [4.78, 5) is 0. The first kappa shape index (κ1) is 8.79. The summed E-state index contributed by atoms with van der Waals surface area (Å²) in [6, 6.07) is 0. The third kappa shape index (κ3) is 4.51. The Morgan fingerprint density at radius 1 is 0.750 bits per heavy atom. The molecule has 1 rings (SSSR count). The van der Waals surface area contributed by atoms with E-state index in [4.69, 9.17) is 0 Å². The first-order valence-corrected chi connectivity index (χ1v) is 4.21. The maximum atomic E-state index is 3.05. The van der Waals surface area contributed by atoms with Crippen LogP contribution in [0.2, 0.25) is 0 Å². The number of rotatable bonds is 0. The van der Waals surface area contributed by atoms with E-state index in [1.807, 2.05) is 18.2 Å². The maximum absolute atomic E-state index is 3.05. The summed E-state index contributed by atoms with van der Waals surface area (Å²) in [6.45, 7) is 0. The summed E-state index contributed by atoms with van der Waals surface area (Å²) in [7, 11) is 0. The number of allylic oxidation sites excluding steroid dienone is 10. The van der Waals surface area contributed by atoms with Gasteiger partial charge in [-0.05, 0) is 18.9 Å². The smallest absolute Gasteiger partial charge is 0.0163 e. The van der Waals surface area contributed by atoms with Gasteiger partial charge in [0.2, 0.25) is 0 Å². The van der Waals surface area contributed by atoms with E-state index in [2.05, 4.69) is 42.5 Å². The van der Waals surface area contributed by atoms with E-state index in [1.165, 1.54) is 0 Å². The van der Waals surface area contributed by atoms with Gasteiger partial charge in [-0.2, -0.15) is 0 Å². The maximum Gasteiger partial charge on any atom is -0.0163 e. The van der Waals surface area contributed by atoms with E-state index in [0.29, 0.717) is 0 Å². The Morgan fingerprint density at radius 2 is 1.42 bits per heavy atom. The Bertz CT molecular complexity index is 211. The van der Waals surface area contributed by atoms with Crippen LogP contribution in [0.4, 0.5) is 0 Å². The minimum Gasteiger partial charge on any atom is -0.0808 e. The zero-order valence-corrected chi connectivity index (χ0v) is 7.11. The van der Waals surface area contributed by atoms with E-state index >= 15 is 0 Å². The largest absolute Gasteiger partial charge is 0.0808 e. The number of hydrogen-bond donors (Lipinski definition) is 0. The van der Waals surface area contributed by atoms with Gasteiger partial charge in [0, 0.05) is 0 Å². The van der Waals surface area contributed by atoms with Crippen LogP contribution in [0, 0.1) is 6.08 Å². The van der Waals surface area contributed by atoms with Gasteiger partial charge in [-0.15, -0.1) is 0 Å². The van der Waals surface area contributed by atoms with Crippen molar-refractivity contribution in [2.24, 2.45) is 0 Å². The quantitative estimate of drug-likeness (QED) is 0.505. The first-order valence-electron chi connectivity index (χ1n) is 4.21. The molecular formula is C12H13. The molecule has 0 unspecified atom stereocenters. The highest BCUT2D eigenvalue weighted by Crippen LogP contribution is 1.92. The van der Waals surface area contributed by atoms with Gasteiger partial charge >= 0.3 is 0 Å². The Hall–Kier alpha value is -1.30. The van der Waals surface area contributed by atoms with Crippen molar-refractivity contribution < 1.29 is 0 Å². The van der Waals surface area contributed by atoms with E-state index < -0.39 is 0 Å². The second-order valence-corrected chi connectivity index (χ2v) is 2.49. The summed E-state index contributed by atoms with van der Waals surface area (Å²) < 4.78 is 0. The van der Waals surface area contributed by atoms with Gasteiger partial charge in [-0.25, -0.2) is 0 Å². The molecule has 0 heterocycles. The van der Waals surface area contributed by atoms with Crippen LogP contribution >= 0.6 is 0 Å². The molecule has 0 nitrogen and oxygen atoms in total. The summed E-state index contributed by atoms with van der Waals surface area (Å²) in [6.07, 6.45) is 23.5. The topological polar surface area (TPSA) is 0 Å². The normalized spacial score (nSPS) is 30.7. The van der Waals surface area contributed by atoms with Crippen molar-refractivity contribution in [1.29, 1.82) is 0 Å². The molecule has 0 aromatic heterocycles. The highest BCUT2D eigenvalue weighted by molar-refractivity contribution is 5.12. The molecule has 0 spiro atoms. The molecule has 0 aromatic carbocycles. The highest BCUT2D eigenvalue weighted by atomic mass is 13.8. The monoisotopic (exact) mass is 157 g/mol. The lowest BCUT2D eigenvalue weighted by molar-refractivity contribution is 1.36. The van der Waals surface area contributed by atoms with E-state index in [0.717, 1.165) is 12.8 Å². The lowest BCUT2D eigenvalue weighted by atomic mass is 10.2. The zero-order chi connectivity index (χ0) is 8.49. The molecule has 0 atom stereocenters. The summed E-state index contributed by atoms with van der Waals surface area (Å²) in [5, 5.41) is 0. The van der Waals surface area contributed by atoms with Crippen LogP contribution < -0.4 is 0 Å². The van der Waals surface area contributed by atoms with Crippen LogP contribution in [0.3, 0.4) is 0 Å². The van der Waals surface area contributed by atoms with Crippen LogP contribution in [0.15, 0.2) is 54.7 Å². The van der Waals surface area contributed by atoms with Crippen LogP contribution in [0.1, 0.15) is 12.8 Å². The van der Waals surface area contributed by atoms with Gasteiger partial charge in [0.25, 0.3) is 0 Å². The minimum absolute atomic E-state index is 0.981. The van der Waals surface area contributed by atoms with Crippen LogP contribution in [0.5, 0.6) is 0 Å². The first-order chi connectivity index (χ1) is 6.00. The molecular weight excluding hydrogens is 144 g/mol. The highest BCUT2D eigenvalue weighted by Gasteiger charge is 1.72. The van der Waals surface area contributed by atoms with Gasteiger partial charge < -0.3 is 0 Å². The van der Waals surface area contributed by atoms with Crippen molar-refractivity contribution in [2.75, 3.05) is 0 Å². The van der Waals surface area contributed by atoms with E-state index in [-0.39, 0.29) is 0 Å². The van der Waals surface area contributed by atoms with Crippen LogP contribution in [-0.2, 0) is 0 Å². The van der Waals surface area contributed by atoms with Crippen molar-refractivity contribution in [1.82, 2.24) is 0 Å². The van der Waals surface area contributed by atoms with Crippen molar-refractivity contribution in [2.45, 2.75) is 12.8 Å². The van der Waals surface area contributed by atoms with Gasteiger partial charge in [0.15, 0.2) is 0 Å². The molecule has 0 aliphatic heterocycles. The standard InChI is InChI=1S/C12H13/c1-2-4-6-8-10-12-11-9-7-5-3-1/h1-4,7-11H,5-6H2/b3-1-,4-2+,9-7+,10-8+,12-11?. The molecule has 61 valence electrons. The van der Waals surface area contributed by atoms with Gasteiger partial charge in [-0.3, -0.25) is 0 Å². The van der Waals surface area contributed by atoms with Crippen LogP contribution in [0.25, 0.3) is 0 Å². The number of hydrogen-bond acceptors (Lipinski definition) is 0. The van der Waals surface area contributed by atoms with Gasteiger partial charge in [0.1, 0.15) is 0 Å². The predicted octanol–water partition coefficient (Wildman–Crippen LogP) is 3.36. The molecule has 1 aliphatic rings. The predicted molar refractivity (Wildman–Crippen MR) is 53.6 cm³/mol. The summed E-state index contributed by atoms with van der Waals surface area (Å²) in [5.74, 6) is 0. The fourth-order valence-corrected chi connectivity index (χ4v) is 0.865. The molecule has 12 heavy (non-hydrogen) atoms. The van der Waals surface area contributed by atoms with Crippen molar-refractivity contribution in [3.63, 3.8) is 0 Å². The van der Waals surface area contributed by atoms with Crippen molar-refractivity contribution in [3.05, 3.63) is 60.8 Å². The lowest BCUT2D eigenvalue weighted by Crippen LogP contribution is -1.62. The van der Waals surface area contributed by atoms with E-state index in [9.17, 15) is 0 Å². The molecule has 0 amide bonds. The zero-order valence-electron chi connectivity index (χ0n) is 7.11. The molecule has 0 saturated carbocycles. The SMILES string of the molecule is [C]1=C\C=C\C/C=C\C=C\C/C=C/1. The Balaban J connectivity index is 2.55. The summed E-state index contributed by atoms with van der Waals surface area (Å²) >= 11 is 0. The molecule has 0 bridgehead atoms. The Kier molecular flexibility index (Phi) is 4.70. The fraction of sp³-hybridized carbons (Fsp3) is 0.167. The molecule has 1 radical (unpaired) electrons. The van der Waals surface area contributed by atoms with Crippen molar-refractivity contribution >= 4 is 0 Å².